The van der Waals surface area contributed by atoms with Crippen molar-refractivity contribution in [2.24, 2.45) is 5.92 Å². The molecule has 0 saturated heterocycles. The molecule has 2 heterocycles. The topological polar surface area (TPSA) is 67.2 Å². The number of imidazole rings is 1. The number of rotatable bonds is 4. The second kappa shape index (κ2) is 8.28. The lowest BCUT2D eigenvalue weighted by Crippen LogP contribution is -2.64. The molecule has 0 radical (unpaired) electrons. The highest BCUT2D eigenvalue weighted by Gasteiger charge is 2.48. The molecule has 0 bridgehead atoms. The lowest BCUT2D eigenvalue weighted by Gasteiger charge is -2.44. The van der Waals surface area contributed by atoms with Crippen molar-refractivity contribution in [3.63, 3.8) is 0 Å². The van der Waals surface area contributed by atoms with E-state index in [1.54, 1.807) is 17.0 Å². The quantitative estimate of drug-likeness (QED) is 0.648. The maximum absolute atomic E-state index is 13.7. The monoisotopic (exact) mass is 448 g/mol. The minimum atomic E-state index is -1.11. The van der Waals surface area contributed by atoms with E-state index in [4.69, 9.17) is 0 Å². The zero-order valence-corrected chi connectivity index (χ0v) is 19.1. The molecular weight excluding hydrogens is 419 g/mol. The van der Waals surface area contributed by atoms with E-state index in [0.29, 0.717) is 18.3 Å². The molecule has 1 saturated carbocycles. The fourth-order valence-electron chi connectivity index (χ4n) is 5.10. The Morgan fingerprint density at radius 1 is 1.12 bits per heavy atom. The van der Waals surface area contributed by atoms with Crippen LogP contribution < -0.4 is 5.32 Å². The zero-order valence-electron chi connectivity index (χ0n) is 19.1. The molecule has 2 aromatic carbocycles. The standard InChI is InChI=1S/C26H29FN4O2/c1-17-7-13-20(14-8-17)28-25(33)26(2)16-30-22-6-4-3-5-21(22)29-23(30)24(32)31(26)15-18-9-11-19(27)12-10-18/h3-6,9-12,17,20H,7-8,13-16H2,1-2H3,(H,28,33)/t17?,20?,26-/m1/s1. The van der Waals surface area contributed by atoms with E-state index >= 15 is 0 Å². The minimum Gasteiger partial charge on any atom is -0.351 e. The summed E-state index contributed by atoms with van der Waals surface area (Å²) in [5.74, 6) is 0.227. The molecule has 1 aliphatic heterocycles. The molecule has 33 heavy (non-hydrogen) atoms. The van der Waals surface area contributed by atoms with Crippen LogP contribution in [-0.4, -0.2) is 37.8 Å². The van der Waals surface area contributed by atoms with Crippen LogP contribution in [0.5, 0.6) is 0 Å². The number of benzene rings is 2. The highest BCUT2D eigenvalue weighted by molar-refractivity contribution is 6.01. The van der Waals surface area contributed by atoms with Crippen LogP contribution in [0.1, 0.15) is 55.7 Å². The Kier molecular flexibility index (Phi) is 5.43. The Balaban J connectivity index is 1.52. The molecule has 2 aliphatic rings. The first-order valence-corrected chi connectivity index (χ1v) is 11.7. The first kappa shape index (κ1) is 21.6. The van der Waals surface area contributed by atoms with E-state index in [9.17, 15) is 14.0 Å². The van der Waals surface area contributed by atoms with Gasteiger partial charge in [-0.05, 0) is 68.4 Å². The summed E-state index contributed by atoms with van der Waals surface area (Å²) in [6.45, 7) is 4.58. The average molecular weight is 449 g/mol. The zero-order chi connectivity index (χ0) is 23.2. The number of carbonyl (C=O) groups is 2. The Morgan fingerprint density at radius 2 is 1.82 bits per heavy atom. The lowest BCUT2D eigenvalue weighted by molar-refractivity contribution is -0.134. The van der Waals surface area contributed by atoms with Crippen molar-refractivity contribution >= 4 is 22.8 Å². The van der Waals surface area contributed by atoms with Crippen molar-refractivity contribution in [2.75, 3.05) is 0 Å². The fraction of sp³-hybridized carbons (Fsp3) is 0.423. The number of para-hydroxylation sites is 2. The van der Waals surface area contributed by atoms with Gasteiger partial charge >= 0.3 is 0 Å². The number of amides is 2. The molecule has 172 valence electrons. The molecule has 0 spiro atoms. The largest absolute Gasteiger partial charge is 0.351 e. The number of halogens is 1. The van der Waals surface area contributed by atoms with Gasteiger partial charge in [0.25, 0.3) is 5.91 Å². The van der Waals surface area contributed by atoms with Crippen LogP contribution in [0.3, 0.4) is 0 Å². The van der Waals surface area contributed by atoms with Crippen LogP contribution in [0.2, 0.25) is 0 Å². The van der Waals surface area contributed by atoms with Crippen LogP contribution in [0, 0.1) is 11.7 Å². The Morgan fingerprint density at radius 3 is 2.55 bits per heavy atom. The normalized spacial score (nSPS) is 25.2. The van der Waals surface area contributed by atoms with Gasteiger partial charge in [-0.15, -0.1) is 0 Å². The van der Waals surface area contributed by atoms with Gasteiger partial charge in [0.1, 0.15) is 11.4 Å². The molecule has 7 heteroatoms. The van der Waals surface area contributed by atoms with Gasteiger partial charge in [-0.2, -0.15) is 0 Å². The average Bonchev–Trinajstić information content (AvgIpc) is 3.18. The summed E-state index contributed by atoms with van der Waals surface area (Å²) in [6.07, 6.45) is 4.09. The third-order valence-corrected chi connectivity index (χ3v) is 7.25. The van der Waals surface area contributed by atoms with Crippen molar-refractivity contribution in [2.45, 2.75) is 64.2 Å². The van der Waals surface area contributed by atoms with E-state index in [1.807, 2.05) is 35.8 Å². The summed E-state index contributed by atoms with van der Waals surface area (Å²) >= 11 is 0. The van der Waals surface area contributed by atoms with Gasteiger partial charge in [-0.3, -0.25) is 9.59 Å². The fourth-order valence-corrected chi connectivity index (χ4v) is 5.10. The molecule has 2 amide bonds. The number of nitrogens with one attached hydrogen (secondary N) is 1. The molecule has 1 aliphatic carbocycles. The predicted octanol–water partition coefficient (Wildman–Crippen LogP) is 4.29. The van der Waals surface area contributed by atoms with Crippen molar-refractivity contribution < 1.29 is 14.0 Å². The van der Waals surface area contributed by atoms with Gasteiger partial charge in [-0.1, -0.05) is 31.2 Å². The lowest BCUT2D eigenvalue weighted by atomic mass is 9.86. The molecule has 0 unspecified atom stereocenters. The molecule has 1 atom stereocenters. The molecule has 5 rings (SSSR count). The molecule has 6 nitrogen and oxygen atoms in total. The van der Waals surface area contributed by atoms with Crippen LogP contribution >= 0.6 is 0 Å². The number of hydrogen-bond donors (Lipinski definition) is 1. The van der Waals surface area contributed by atoms with Crippen LogP contribution in [0.25, 0.3) is 11.0 Å². The van der Waals surface area contributed by atoms with Gasteiger partial charge in [0.2, 0.25) is 5.91 Å². The smallest absolute Gasteiger partial charge is 0.291 e. The maximum Gasteiger partial charge on any atom is 0.291 e. The van der Waals surface area contributed by atoms with Crippen LogP contribution in [-0.2, 0) is 17.9 Å². The second-order valence-electron chi connectivity index (χ2n) is 9.73. The first-order chi connectivity index (χ1) is 15.8. The van der Waals surface area contributed by atoms with Gasteiger partial charge < -0.3 is 14.8 Å². The van der Waals surface area contributed by atoms with Crippen LogP contribution in [0.15, 0.2) is 48.5 Å². The van der Waals surface area contributed by atoms with Crippen LogP contribution in [0.4, 0.5) is 4.39 Å². The molecular formula is C26H29FN4O2. The van der Waals surface area contributed by atoms with Crippen molar-refractivity contribution in [1.29, 1.82) is 0 Å². The van der Waals surface area contributed by atoms with E-state index in [0.717, 1.165) is 42.3 Å². The van der Waals surface area contributed by atoms with Gasteiger partial charge in [-0.25, -0.2) is 9.37 Å². The van der Waals surface area contributed by atoms with Crippen molar-refractivity contribution in [3.8, 4) is 0 Å². The van der Waals surface area contributed by atoms with Crippen molar-refractivity contribution in [1.82, 2.24) is 19.8 Å². The summed E-state index contributed by atoms with van der Waals surface area (Å²) in [5, 5.41) is 3.24. The van der Waals surface area contributed by atoms with Gasteiger partial charge in [0.15, 0.2) is 5.82 Å². The number of aromatic nitrogens is 2. The number of nitrogens with zero attached hydrogens (tertiary/aromatic N) is 3. The SMILES string of the molecule is CC1CCC(NC(=O)[C@@]2(C)Cn3c(nc4ccccc43)C(=O)N2Cc2ccc(F)cc2)CC1. The number of carbonyl (C=O) groups excluding carboxylic acids is 2. The maximum atomic E-state index is 13.7. The van der Waals surface area contributed by atoms with E-state index in [1.165, 1.54) is 12.1 Å². The summed E-state index contributed by atoms with van der Waals surface area (Å²) < 4.78 is 15.3. The van der Waals surface area contributed by atoms with E-state index < -0.39 is 5.54 Å². The third kappa shape index (κ3) is 3.90. The third-order valence-electron chi connectivity index (χ3n) is 7.25. The Labute approximate surface area is 192 Å². The first-order valence-electron chi connectivity index (χ1n) is 11.7. The van der Waals surface area contributed by atoms with Gasteiger partial charge in [0.05, 0.1) is 17.6 Å². The second-order valence-corrected chi connectivity index (χ2v) is 9.73. The Hall–Kier alpha value is -3.22. The Bertz CT molecular complexity index is 1200. The summed E-state index contributed by atoms with van der Waals surface area (Å²) in [4.78, 5) is 33.6. The molecule has 1 fully saturated rings. The summed E-state index contributed by atoms with van der Waals surface area (Å²) in [7, 11) is 0. The molecule has 1 aromatic heterocycles. The predicted molar refractivity (Wildman–Crippen MR) is 124 cm³/mol. The number of hydrogen-bond acceptors (Lipinski definition) is 3. The minimum absolute atomic E-state index is 0.120. The highest BCUT2D eigenvalue weighted by Crippen LogP contribution is 2.33. The molecule has 1 N–H and O–H groups in total. The number of fused-ring (bicyclic) bond motifs is 3. The highest BCUT2D eigenvalue weighted by atomic mass is 19.1. The molecule has 3 aromatic rings. The van der Waals surface area contributed by atoms with E-state index in [2.05, 4.69) is 17.2 Å². The summed E-state index contributed by atoms with van der Waals surface area (Å²) in [5.41, 5.74) is 1.23. The summed E-state index contributed by atoms with van der Waals surface area (Å²) in [6, 6.07) is 13.8. The van der Waals surface area contributed by atoms with E-state index in [-0.39, 0.29) is 30.2 Å². The van der Waals surface area contributed by atoms with Crippen molar-refractivity contribution in [3.05, 3.63) is 65.7 Å². The van der Waals surface area contributed by atoms with Gasteiger partial charge in [0, 0.05) is 12.6 Å².